The minimum absolute atomic E-state index is 0.164. The average Bonchev–Trinajstić information content (AvgIpc) is 3.46. The molecule has 0 radical (unpaired) electrons. The van der Waals surface area contributed by atoms with Crippen LogP contribution >= 0.6 is 15.9 Å². The lowest BCUT2D eigenvalue weighted by Crippen LogP contribution is -2.50. The molecule has 2 atom stereocenters. The van der Waals surface area contributed by atoms with Crippen molar-refractivity contribution in [2.45, 2.75) is 19.0 Å². The smallest absolute Gasteiger partial charge is 0.271 e. The molecule has 0 unspecified atom stereocenters. The molecule has 184 valence electrons. The second-order valence-corrected chi connectivity index (χ2v) is 9.57. The topological polar surface area (TPSA) is 134 Å². The van der Waals surface area contributed by atoms with Gasteiger partial charge in [-0.05, 0) is 45.6 Å². The first kappa shape index (κ1) is 23.7. The summed E-state index contributed by atoms with van der Waals surface area (Å²) in [5.74, 6) is -1.97. The Hall–Kier alpha value is -3.99. The van der Waals surface area contributed by atoms with Crippen molar-refractivity contribution in [3.05, 3.63) is 81.9 Å². The predicted octanol–water partition coefficient (Wildman–Crippen LogP) is 1.07. The molecule has 3 heterocycles. The van der Waals surface area contributed by atoms with Gasteiger partial charge in [0, 0.05) is 30.0 Å². The van der Waals surface area contributed by atoms with Crippen molar-refractivity contribution in [2.75, 3.05) is 13.1 Å². The molecule has 3 amide bonds. The molecule has 10 nitrogen and oxygen atoms in total. The predicted molar refractivity (Wildman–Crippen MR) is 134 cm³/mol. The molecule has 1 fully saturated rings. The lowest BCUT2D eigenvalue weighted by atomic mass is 9.83. The Balaban J connectivity index is 1.22. The van der Waals surface area contributed by atoms with E-state index in [0.29, 0.717) is 24.4 Å². The van der Waals surface area contributed by atoms with Crippen molar-refractivity contribution >= 4 is 45.1 Å². The van der Waals surface area contributed by atoms with Crippen LogP contribution in [0.5, 0.6) is 0 Å². The van der Waals surface area contributed by atoms with Crippen LogP contribution in [0.3, 0.4) is 0 Å². The van der Waals surface area contributed by atoms with E-state index in [1.165, 1.54) is 0 Å². The summed E-state index contributed by atoms with van der Waals surface area (Å²) in [6.45, 7) is 0.387. The Bertz CT molecular complexity index is 1400. The third-order valence-electron chi connectivity index (χ3n) is 6.25. The SMILES string of the molecule is O=C(CNC(=O)c1cn2cc(Br)ccc2n1)N[C@H]1C[C@H]2C(=O)NCC2=C(NCc2ccccc2)C1=O. The molecule has 1 aliphatic carbocycles. The van der Waals surface area contributed by atoms with Gasteiger partial charge in [0.2, 0.25) is 17.6 Å². The lowest BCUT2D eigenvalue weighted by molar-refractivity contribution is -0.128. The van der Waals surface area contributed by atoms with E-state index in [9.17, 15) is 19.2 Å². The second kappa shape index (κ2) is 9.94. The minimum atomic E-state index is -0.877. The summed E-state index contributed by atoms with van der Waals surface area (Å²) < 4.78 is 2.53. The van der Waals surface area contributed by atoms with Crippen LogP contribution in [-0.4, -0.2) is 52.0 Å². The number of nitrogens with one attached hydrogen (secondary N) is 4. The molecule has 36 heavy (non-hydrogen) atoms. The number of carbonyl (C=O) groups is 4. The highest BCUT2D eigenvalue weighted by atomic mass is 79.9. The van der Waals surface area contributed by atoms with Gasteiger partial charge < -0.3 is 25.7 Å². The van der Waals surface area contributed by atoms with Crippen LogP contribution in [0.1, 0.15) is 22.5 Å². The van der Waals surface area contributed by atoms with E-state index in [0.717, 1.165) is 15.6 Å². The zero-order valence-corrected chi connectivity index (χ0v) is 20.7. The highest BCUT2D eigenvalue weighted by molar-refractivity contribution is 9.10. The zero-order valence-electron chi connectivity index (χ0n) is 19.1. The monoisotopic (exact) mass is 550 g/mol. The van der Waals surface area contributed by atoms with Crippen LogP contribution in [0.15, 0.2) is 70.6 Å². The largest absolute Gasteiger partial charge is 0.378 e. The van der Waals surface area contributed by atoms with E-state index in [1.807, 2.05) is 36.4 Å². The third-order valence-corrected chi connectivity index (χ3v) is 6.72. The number of amides is 3. The molecule has 1 aromatic carbocycles. The van der Waals surface area contributed by atoms with Gasteiger partial charge in [-0.25, -0.2) is 4.98 Å². The molecule has 0 bridgehead atoms. The number of nitrogens with zero attached hydrogens (tertiary/aromatic N) is 2. The quantitative estimate of drug-likeness (QED) is 0.347. The molecule has 0 saturated carbocycles. The minimum Gasteiger partial charge on any atom is -0.378 e. The molecular weight excluding hydrogens is 528 g/mol. The van der Waals surface area contributed by atoms with Gasteiger partial charge in [-0.15, -0.1) is 0 Å². The fourth-order valence-electron chi connectivity index (χ4n) is 4.46. The molecule has 1 saturated heterocycles. The Morgan fingerprint density at radius 3 is 2.72 bits per heavy atom. The fourth-order valence-corrected chi connectivity index (χ4v) is 4.81. The summed E-state index contributed by atoms with van der Waals surface area (Å²) in [7, 11) is 0. The van der Waals surface area contributed by atoms with Crippen LogP contribution in [0.4, 0.5) is 0 Å². The molecule has 2 aromatic heterocycles. The summed E-state index contributed by atoms with van der Waals surface area (Å²) in [4.78, 5) is 55.0. The number of benzene rings is 1. The zero-order chi connectivity index (χ0) is 25.2. The molecular formula is C25H23BrN6O4. The maximum atomic E-state index is 13.2. The number of imidazole rings is 1. The van der Waals surface area contributed by atoms with E-state index in [2.05, 4.69) is 42.2 Å². The van der Waals surface area contributed by atoms with Gasteiger partial charge in [-0.3, -0.25) is 19.2 Å². The highest BCUT2D eigenvalue weighted by Crippen LogP contribution is 2.31. The Morgan fingerprint density at radius 1 is 1.11 bits per heavy atom. The van der Waals surface area contributed by atoms with Crippen LogP contribution in [-0.2, 0) is 20.9 Å². The molecule has 0 spiro atoms. The van der Waals surface area contributed by atoms with E-state index >= 15 is 0 Å². The standard InChI is InChI=1S/C25H23BrN6O4/c26-15-6-7-20-30-19(13-32(20)12-15)25(36)29-11-21(33)31-18-8-16-17(10-28-24(16)35)22(23(18)34)27-9-14-4-2-1-3-5-14/h1-7,12-13,16,18,27H,8-11H2,(H,28,35)(H,29,36)(H,31,33)/t16-,18+/m1/s1. The highest BCUT2D eigenvalue weighted by Gasteiger charge is 2.42. The molecule has 2 aliphatic rings. The van der Waals surface area contributed by atoms with E-state index in [-0.39, 0.29) is 30.3 Å². The van der Waals surface area contributed by atoms with E-state index < -0.39 is 23.8 Å². The first-order chi connectivity index (χ1) is 17.4. The maximum absolute atomic E-state index is 13.2. The van der Waals surface area contributed by atoms with Gasteiger partial charge >= 0.3 is 0 Å². The lowest BCUT2D eigenvalue weighted by Gasteiger charge is -2.28. The first-order valence-corrected chi connectivity index (χ1v) is 12.2. The number of carbonyl (C=O) groups excluding carboxylic acids is 4. The number of Topliss-reactive ketones (excluding diaryl/α,β-unsaturated/α-hetero) is 1. The van der Waals surface area contributed by atoms with Crippen molar-refractivity contribution in [1.82, 2.24) is 30.7 Å². The summed E-state index contributed by atoms with van der Waals surface area (Å²) in [5.41, 5.74) is 2.82. The number of fused-ring (bicyclic) bond motifs is 2. The average molecular weight is 551 g/mol. The van der Waals surface area contributed by atoms with Crippen LogP contribution in [0, 0.1) is 5.92 Å². The molecule has 1 aliphatic heterocycles. The number of pyridine rings is 1. The van der Waals surface area contributed by atoms with E-state index in [4.69, 9.17) is 0 Å². The molecule has 4 N–H and O–H groups in total. The third kappa shape index (κ3) is 4.87. The fraction of sp³-hybridized carbons (Fsp3) is 0.240. The molecule has 11 heteroatoms. The summed E-state index contributed by atoms with van der Waals surface area (Å²) in [5, 5.41) is 11.2. The van der Waals surface area contributed by atoms with Gasteiger partial charge in [-0.1, -0.05) is 30.3 Å². The molecule has 3 aromatic rings. The molecule has 5 rings (SSSR count). The van der Waals surface area contributed by atoms with Gasteiger partial charge in [0.15, 0.2) is 0 Å². The van der Waals surface area contributed by atoms with Crippen molar-refractivity contribution in [3.8, 4) is 0 Å². The van der Waals surface area contributed by atoms with Crippen molar-refractivity contribution in [1.29, 1.82) is 0 Å². The number of hydrogen-bond donors (Lipinski definition) is 4. The van der Waals surface area contributed by atoms with Gasteiger partial charge in [-0.2, -0.15) is 0 Å². The van der Waals surface area contributed by atoms with Gasteiger partial charge in [0.25, 0.3) is 5.91 Å². The number of halogens is 1. The Labute approximate surface area is 214 Å². The number of hydrogen-bond acceptors (Lipinski definition) is 6. The summed E-state index contributed by atoms with van der Waals surface area (Å²) in [6, 6.07) is 12.3. The van der Waals surface area contributed by atoms with Crippen LogP contribution in [0.25, 0.3) is 5.65 Å². The number of rotatable bonds is 7. The summed E-state index contributed by atoms with van der Waals surface area (Å²) in [6.07, 6.45) is 3.51. The van der Waals surface area contributed by atoms with E-state index in [1.54, 1.807) is 22.9 Å². The first-order valence-electron chi connectivity index (χ1n) is 11.4. The maximum Gasteiger partial charge on any atom is 0.271 e. The number of aromatic nitrogens is 2. The van der Waals surface area contributed by atoms with Gasteiger partial charge in [0.1, 0.15) is 11.3 Å². The van der Waals surface area contributed by atoms with Crippen molar-refractivity contribution < 1.29 is 19.2 Å². The van der Waals surface area contributed by atoms with Crippen molar-refractivity contribution in [2.24, 2.45) is 5.92 Å². The number of ketones is 1. The van der Waals surface area contributed by atoms with Crippen molar-refractivity contribution in [3.63, 3.8) is 0 Å². The Kier molecular flexibility index (Phi) is 6.55. The Morgan fingerprint density at radius 2 is 1.92 bits per heavy atom. The second-order valence-electron chi connectivity index (χ2n) is 8.65. The summed E-state index contributed by atoms with van der Waals surface area (Å²) >= 11 is 3.36. The van der Waals surface area contributed by atoms with Crippen LogP contribution < -0.4 is 21.3 Å². The van der Waals surface area contributed by atoms with Gasteiger partial charge in [0.05, 0.1) is 24.2 Å². The van der Waals surface area contributed by atoms with Crippen LogP contribution in [0.2, 0.25) is 0 Å². The normalized spacial score (nSPS) is 19.1.